The van der Waals surface area contributed by atoms with Crippen molar-refractivity contribution in [2.75, 3.05) is 21.3 Å². The maximum atomic E-state index is 13.3. The quantitative estimate of drug-likeness (QED) is 0.318. The van der Waals surface area contributed by atoms with Crippen LogP contribution in [0.15, 0.2) is 60.7 Å². The third-order valence-corrected chi connectivity index (χ3v) is 5.38. The van der Waals surface area contributed by atoms with Crippen molar-refractivity contribution in [3.63, 3.8) is 0 Å². The Balaban J connectivity index is 2.25. The molecule has 0 saturated heterocycles. The summed E-state index contributed by atoms with van der Waals surface area (Å²) in [6, 6.07) is 15.0. The van der Waals surface area contributed by atoms with E-state index in [1.54, 1.807) is 54.6 Å². The zero-order chi connectivity index (χ0) is 27.2. The first-order chi connectivity index (χ1) is 17.8. The van der Waals surface area contributed by atoms with Crippen LogP contribution in [0.1, 0.15) is 17.5 Å². The van der Waals surface area contributed by atoms with Crippen LogP contribution in [0.4, 0.5) is 4.79 Å². The number of alkyl carbamates (subject to hydrolysis) is 1. The molecule has 11 nitrogen and oxygen atoms in total. The number of hydrogen-bond acceptors (Lipinski definition) is 9. The third-order valence-electron chi connectivity index (χ3n) is 5.38. The minimum absolute atomic E-state index is 0.0271. The van der Waals surface area contributed by atoms with E-state index < -0.39 is 54.3 Å². The number of hydrogen-bond donors (Lipinski definition) is 2. The van der Waals surface area contributed by atoms with Gasteiger partial charge in [-0.05, 0) is 11.1 Å². The fraction of sp³-hybridized carbons (Fsp3) is 0.346. The van der Waals surface area contributed by atoms with Crippen LogP contribution in [0.2, 0.25) is 0 Å². The van der Waals surface area contributed by atoms with E-state index in [4.69, 9.17) is 14.2 Å². The second kappa shape index (κ2) is 14.9. The van der Waals surface area contributed by atoms with Gasteiger partial charge in [0.05, 0.1) is 33.7 Å². The Labute approximate surface area is 214 Å². The lowest BCUT2D eigenvalue weighted by Gasteiger charge is -2.26. The predicted molar refractivity (Wildman–Crippen MR) is 130 cm³/mol. The van der Waals surface area contributed by atoms with Crippen molar-refractivity contribution in [3.8, 4) is 0 Å². The lowest BCUT2D eigenvalue weighted by Crippen LogP contribution is -2.56. The van der Waals surface area contributed by atoms with E-state index in [1.165, 1.54) is 0 Å². The molecule has 0 aliphatic heterocycles. The van der Waals surface area contributed by atoms with Gasteiger partial charge >= 0.3 is 24.0 Å². The zero-order valence-corrected chi connectivity index (χ0v) is 20.8. The van der Waals surface area contributed by atoms with Crippen molar-refractivity contribution in [2.24, 2.45) is 5.92 Å². The van der Waals surface area contributed by atoms with Gasteiger partial charge in [-0.15, -0.1) is 0 Å². The summed E-state index contributed by atoms with van der Waals surface area (Å²) in [5, 5.41) is 4.92. The summed E-state index contributed by atoms with van der Waals surface area (Å²) in [5.74, 6) is -4.97. The molecule has 2 N–H and O–H groups in total. The van der Waals surface area contributed by atoms with E-state index in [9.17, 15) is 24.0 Å². The number of carbonyl (C=O) groups excluding carboxylic acids is 5. The molecule has 2 amide bonds. The highest BCUT2D eigenvalue weighted by Gasteiger charge is 2.40. The minimum Gasteiger partial charge on any atom is -0.469 e. The predicted octanol–water partition coefficient (Wildman–Crippen LogP) is 1.53. The van der Waals surface area contributed by atoms with Crippen LogP contribution in [0.25, 0.3) is 0 Å². The zero-order valence-electron chi connectivity index (χ0n) is 20.8. The first-order valence-electron chi connectivity index (χ1n) is 11.3. The maximum Gasteiger partial charge on any atom is 0.408 e. The largest absolute Gasteiger partial charge is 0.469 e. The molecule has 0 heterocycles. The number of rotatable bonds is 12. The molecule has 0 aliphatic carbocycles. The summed E-state index contributed by atoms with van der Waals surface area (Å²) >= 11 is 0. The first-order valence-corrected chi connectivity index (χ1v) is 11.3. The molecule has 0 radical (unpaired) electrons. The third kappa shape index (κ3) is 9.28. The summed E-state index contributed by atoms with van der Waals surface area (Å²) in [4.78, 5) is 62.6. The van der Waals surface area contributed by atoms with Crippen LogP contribution in [0, 0.1) is 5.92 Å². The minimum atomic E-state index is -1.59. The van der Waals surface area contributed by atoms with E-state index in [-0.39, 0.29) is 13.0 Å². The van der Waals surface area contributed by atoms with Gasteiger partial charge in [-0.25, -0.2) is 9.59 Å². The van der Waals surface area contributed by atoms with Gasteiger partial charge in [0, 0.05) is 6.42 Å². The molecule has 37 heavy (non-hydrogen) atoms. The molecule has 198 valence electrons. The molecule has 2 aromatic carbocycles. The molecule has 11 heteroatoms. The Morgan fingerprint density at radius 2 is 1.30 bits per heavy atom. The van der Waals surface area contributed by atoms with Gasteiger partial charge in [0.15, 0.2) is 0 Å². The lowest BCUT2D eigenvalue weighted by molar-refractivity contribution is -0.159. The second-order valence-electron chi connectivity index (χ2n) is 7.87. The highest BCUT2D eigenvalue weighted by Crippen LogP contribution is 2.15. The number of benzene rings is 2. The molecular weight excluding hydrogens is 484 g/mol. The van der Waals surface area contributed by atoms with Gasteiger partial charge < -0.3 is 29.6 Å². The molecule has 2 aromatic rings. The molecule has 0 aliphatic rings. The van der Waals surface area contributed by atoms with Gasteiger partial charge in [-0.3, -0.25) is 14.4 Å². The molecule has 2 rings (SSSR count). The molecule has 0 spiro atoms. The van der Waals surface area contributed by atoms with E-state index >= 15 is 0 Å². The van der Waals surface area contributed by atoms with E-state index in [0.717, 1.165) is 26.9 Å². The second-order valence-corrected chi connectivity index (χ2v) is 7.87. The maximum absolute atomic E-state index is 13.3. The Kier molecular flexibility index (Phi) is 11.6. The Hall–Kier alpha value is -4.41. The average molecular weight is 515 g/mol. The molecular formula is C26H30N2O9. The van der Waals surface area contributed by atoms with Crippen LogP contribution in [-0.4, -0.2) is 63.3 Å². The summed E-state index contributed by atoms with van der Waals surface area (Å²) < 4.78 is 19.3. The van der Waals surface area contributed by atoms with Gasteiger partial charge in [0.25, 0.3) is 0 Å². The van der Waals surface area contributed by atoms with Gasteiger partial charge in [-0.2, -0.15) is 0 Å². The average Bonchev–Trinajstić information content (AvgIpc) is 2.93. The highest BCUT2D eigenvalue weighted by molar-refractivity contribution is 5.93. The number of amides is 2. The number of nitrogens with one attached hydrogen (secondary N) is 2. The Morgan fingerprint density at radius 3 is 1.84 bits per heavy atom. The van der Waals surface area contributed by atoms with Crippen molar-refractivity contribution in [1.29, 1.82) is 0 Å². The van der Waals surface area contributed by atoms with Crippen LogP contribution in [0.5, 0.6) is 0 Å². The SMILES string of the molecule is COC(=O)C[C@@H](C(=O)OC)[C@@H](NC(=O)[C@H](Cc1ccccc1)NC(=O)OCc1ccccc1)C(=O)OC. The number of carbonyl (C=O) groups is 5. The van der Waals surface area contributed by atoms with E-state index in [0.29, 0.717) is 5.56 Å². The summed E-state index contributed by atoms with van der Waals surface area (Å²) in [5.41, 5.74) is 1.45. The molecule has 0 unspecified atom stereocenters. The summed E-state index contributed by atoms with van der Waals surface area (Å²) in [6.45, 7) is -0.0271. The number of methoxy groups -OCH3 is 3. The van der Waals surface area contributed by atoms with Crippen molar-refractivity contribution in [2.45, 2.75) is 31.5 Å². The lowest BCUT2D eigenvalue weighted by atomic mass is 9.95. The first kappa shape index (κ1) is 28.8. The Bertz CT molecular complexity index is 1060. The van der Waals surface area contributed by atoms with Crippen molar-refractivity contribution in [1.82, 2.24) is 10.6 Å². The van der Waals surface area contributed by atoms with Gasteiger partial charge in [-0.1, -0.05) is 60.7 Å². The standard InChI is InChI=1S/C26H30N2O9/c1-34-21(29)15-19(24(31)35-2)22(25(32)36-3)28-23(30)20(14-17-10-6-4-7-11-17)27-26(33)37-16-18-12-8-5-9-13-18/h4-13,19-20,22H,14-16H2,1-3H3,(H,27,33)(H,28,30)/t19-,20+,22-/m1/s1. The number of esters is 3. The molecule has 0 saturated carbocycles. The fourth-order valence-corrected chi connectivity index (χ4v) is 3.42. The highest BCUT2D eigenvalue weighted by atomic mass is 16.6. The summed E-state index contributed by atoms with van der Waals surface area (Å²) in [7, 11) is 3.25. The van der Waals surface area contributed by atoms with Crippen LogP contribution < -0.4 is 10.6 Å². The van der Waals surface area contributed by atoms with Crippen LogP contribution in [-0.2, 0) is 51.2 Å². The molecule has 3 atom stereocenters. The van der Waals surface area contributed by atoms with Gasteiger partial charge in [0.2, 0.25) is 5.91 Å². The monoisotopic (exact) mass is 514 g/mol. The molecule has 0 bridgehead atoms. The smallest absolute Gasteiger partial charge is 0.408 e. The van der Waals surface area contributed by atoms with E-state index in [1.807, 2.05) is 6.07 Å². The van der Waals surface area contributed by atoms with E-state index in [2.05, 4.69) is 15.4 Å². The molecule has 0 aromatic heterocycles. The van der Waals surface area contributed by atoms with Gasteiger partial charge in [0.1, 0.15) is 18.7 Å². The number of ether oxygens (including phenoxy) is 4. The van der Waals surface area contributed by atoms with Crippen molar-refractivity contribution < 1.29 is 42.9 Å². The Morgan fingerprint density at radius 1 is 0.730 bits per heavy atom. The van der Waals surface area contributed by atoms with Crippen molar-refractivity contribution >= 4 is 29.9 Å². The molecule has 0 fully saturated rings. The van der Waals surface area contributed by atoms with Crippen LogP contribution in [0.3, 0.4) is 0 Å². The topological polar surface area (TPSA) is 146 Å². The summed E-state index contributed by atoms with van der Waals surface area (Å²) in [6.07, 6.45) is -1.38. The fourth-order valence-electron chi connectivity index (χ4n) is 3.42. The normalized spacial score (nSPS) is 12.7. The van der Waals surface area contributed by atoms with Crippen molar-refractivity contribution in [3.05, 3.63) is 71.8 Å². The van der Waals surface area contributed by atoms with Crippen LogP contribution >= 0.6 is 0 Å².